The van der Waals surface area contributed by atoms with Gasteiger partial charge in [0.15, 0.2) is 6.29 Å². The van der Waals surface area contributed by atoms with E-state index in [-0.39, 0.29) is 12.8 Å². The summed E-state index contributed by atoms with van der Waals surface area (Å²) in [6.45, 7) is 3.41. The molecular weight excluding hydrogens is 847 g/mol. The second kappa shape index (κ2) is 45.5. The smallest absolute Gasteiger partial charge is 0.249 e. The van der Waals surface area contributed by atoms with Gasteiger partial charge in [0.25, 0.3) is 0 Å². The highest BCUT2D eigenvalue weighted by Gasteiger charge is 2.44. The number of rotatable bonds is 47. The number of aliphatic hydroxyl groups excluding tert-OH is 7. The van der Waals surface area contributed by atoms with Gasteiger partial charge in [-0.05, 0) is 77.0 Å². The van der Waals surface area contributed by atoms with Crippen molar-refractivity contribution in [2.75, 3.05) is 13.2 Å². The van der Waals surface area contributed by atoms with Crippen LogP contribution in [0.1, 0.15) is 245 Å². The fourth-order valence-electron chi connectivity index (χ4n) is 8.81. The molecule has 0 spiro atoms. The molecule has 0 aliphatic carbocycles. The van der Waals surface area contributed by atoms with Crippen LogP contribution in [0.3, 0.4) is 0 Å². The number of nitrogens with one attached hydrogen (secondary N) is 1. The lowest BCUT2D eigenvalue weighted by molar-refractivity contribution is -0.303. The van der Waals surface area contributed by atoms with Crippen molar-refractivity contribution in [3.8, 4) is 0 Å². The number of aliphatic hydroxyl groups is 7. The molecule has 0 bridgehead atoms. The molecule has 0 aromatic carbocycles. The molecule has 394 valence electrons. The summed E-state index contributed by atoms with van der Waals surface area (Å²) in [6, 6.07) is -1.19. The lowest BCUT2D eigenvalue weighted by Gasteiger charge is -2.40. The van der Waals surface area contributed by atoms with Crippen LogP contribution in [0.25, 0.3) is 0 Å². The van der Waals surface area contributed by atoms with Crippen LogP contribution in [0, 0.1) is 0 Å². The molecule has 11 heteroatoms. The van der Waals surface area contributed by atoms with Gasteiger partial charge < -0.3 is 50.5 Å². The van der Waals surface area contributed by atoms with Gasteiger partial charge in [-0.3, -0.25) is 4.79 Å². The normalized spacial score (nSPS) is 20.9. The zero-order valence-electron chi connectivity index (χ0n) is 42.9. The summed E-state index contributed by atoms with van der Waals surface area (Å²) < 4.78 is 11.1. The van der Waals surface area contributed by atoms with Gasteiger partial charge in [-0.25, -0.2) is 0 Å². The Hall–Kier alpha value is -1.67. The van der Waals surface area contributed by atoms with Crippen LogP contribution in [-0.2, 0) is 14.3 Å². The topological polar surface area (TPSA) is 189 Å². The minimum Gasteiger partial charge on any atom is -0.394 e. The van der Waals surface area contributed by atoms with E-state index in [1.54, 1.807) is 0 Å². The molecule has 9 unspecified atom stereocenters. The molecule has 1 heterocycles. The zero-order chi connectivity index (χ0) is 49.0. The third-order valence-electron chi connectivity index (χ3n) is 13.4. The Morgan fingerprint density at radius 3 is 1.34 bits per heavy atom. The number of amides is 1. The van der Waals surface area contributed by atoms with E-state index in [1.165, 1.54) is 161 Å². The van der Waals surface area contributed by atoms with Gasteiger partial charge in [-0.1, -0.05) is 204 Å². The predicted octanol–water partition coefficient (Wildman–Crippen LogP) is 11.1. The minimum atomic E-state index is -1.67. The molecule has 1 fully saturated rings. The first-order valence-corrected chi connectivity index (χ1v) is 27.9. The molecule has 1 aliphatic rings. The molecule has 1 amide bonds. The van der Waals surface area contributed by atoms with Crippen molar-refractivity contribution in [2.45, 2.75) is 300 Å². The maximum atomic E-state index is 13.1. The van der Waals surface area contributed by atoms with Crippen molar-refractivity contribution >= 4 is 5.91 Å². The monoisotopic (exact) mass is 952 g/mol. The van der Waals surface area contributed by atoms with Gasteiger partial charge in [0.1, 0.15) is 36.6 Å². The van der Waals surface area contributed by atoms with Crippen molar-refractivity contribution in [2.24, 2.45) is 0 Å². The predicted molar refractivity (Wildman–Crippen MR) is 275 cm³/mol. The summed E-state index contributed by atoms with van der Waals surface area (Å²) in [5.74, 6) is -0.711. The molecule has 1 rings (SSSR count). The number of carbonyl (C=O) groups is 1. The van der Waals surface area contributed by atoms with E-state index in [1.807, 2.05) is 0 Å². The Labute approximate surface area is 409 Å². The highest BCUT2D eigenvalue weighted by Crippen LogP contribution is 2.23. The van der Waals surface area contributed by atoms with E-state index in [4.69, 9.17) is 9.47 Å². The molecule has 1 aliphatic heterocycles. The molecule has 11 nitrogen and oxygen atoms in total. The molecule has 0 radical (unpaired) electrons. The maximum Gasteiger partial charge on any atom is 0.249 e. The highest BCUT2D eigenvalue weighted by atomic mass is 16.7. The fraction of sp³-hybridized carbons (Fsp3) is 0.875. The molecule has 8 N–H and O–H groups in total. The molecular formula is C56H105NO10. The number of hydrogen-bond donors (Lipinski definition) is 8. The van der Waals surface area contributed by atoms with Crippen molar-refractivity contribution in [3.05, 3.63) is 36.5 Å². The van der Waals surface area contributed by atoms with Crippen molar-refractivity contribution in [3.63, 3.8) is 0 Å². The molecule has 0 aromatic rings. The van der Waals surface area contributed by atoms with E-state index in [0.717, 1.165) is 38.5 Å². The molecule has 67 heavy (non-hydrogen) atoms. The Morgan fingerprint density at radius 2 is 0.896 bits per heavy atom. The van der Waals surface area contributed by atoms with Gasteiger partial charge in [0, 0.05) is 0 Å². The van der Waals surface area contributed by atoms with Gasteiger partial charge >= 0.3 is 0 Å². The summed E-state index contributed by atoms with van der Waals surface area (Å²) in [5, 5.41) is 75.9. The first-order valence-electron chi connectivity index (χ1n) is 27.9. The van der Waals surface area contributed by atoms with E-state index in [9.17, 15) is 40.5 Å². The quantitative estimate of drug-likeness (QED) is 0.0215. The minimum absolute atomic E-state index is 0.246. The lowest BCUT2D eigenvalue weighted by Crippen LogP contribution is -2.60. The summed E-state index contributed by atoms with van der Waals surface area (Å²) in [5.41, 5.74) is 0. The second-order valence-electron chi connectivity index (χ2n) is 19.6. The molecule has 0 saturated carbocycles. The highest BCUT2D eigenvalue weighted by molar-refractivity contribution is 5.80. The third-order valence-corrected chi connectivity index (χ3v) is 13.4. The average molecular weight is 952 g/mol. The molecule has 0 aromatic heterocycles. The molecule has 9 atom stereocenters. The summed E-state index contributed by atoms with van der Waals surface area (Å²) >= 11 is 0. The van der Waals surface area contributed by atoms with Gasteiger partial charge in [-0.2, -0.15) is 0 Å². The maximum absolute atomic E-state index is 13.1. The second-order valence-corrected chi connectivity index (χ2v) is 19.6. The zero-order valence-corrected chi connectivity index (χ0v) is 42.9. The first kappa shape index (κ1) is 63.3. The van der Waals surface area contributed by atoms with E-state index >= 15 is 0 Å². The lowest BCUT2D eigenvalue weighted by atomic mass is 9.98. The summed E-state index contributed by atoms with van der Waals surface area (Å²) in [4.78, 5) is 13.1. The SMILES string of the molecule is CCCCCC/C=C/CC/C=C/CCCC(O)C(O)C(COC1OC(CO)C(O)C(O)C1O)NC(=O)C(O)CCCCCCCCCCCCC/C=C\CCCCCCCCCCCCCC. The summed E-state index contributed by atoms with van der Waals surface area (Å²) in [7, 11) is 0. The van der Waals surface area contributed by atoms with Crippen LogP contribution < -0.4 is 5.32 Å². The van der Waals surface area contributed by atoms with Gasteiger partial charge in [-0.15, -0.1) is 0 Å². The Bertz CT molecular complexity index is 1180. The first-order chi connectivity index (χ1) is 32.7. The number of allylic oxidation sites excluding steroid dienone is 6. The third kappa shape index (κ3) is 34.3. The number of ether oxygens (including phenoxy) is 2. The van der Waals surface area contributed by atoms with Crippen molar-refractivity contribution < 1.29 is 50.0 Å². The van der Waals surface area contributed by atoms with Crippen molar-refractivity contribution in [1.82, 2.24) is 5.32 Å². The van der Waals surface area contributed by atoms with Gasteiger partial charge in [0.05, 0.1) is 25.4 Å². The number of carbonyl (C=O) groups excluding carboxylic acids is 1. The standard InChI is InChI=1S/C56H105NO10/c1-3-5-7-9-11-13-15-17-18-19-20-21-22-23-24-25-26-27-28-29-30-32-34-36-38-40-42-44-49(60)55(65)57-47(46-66-56-54(64)53(63)52(62)50(45-58)67-56)51(61)48(59)43-41-39-37-35-33-31-16-14-12-10-8-6-4-2/h14,16,23-24,35,37,47-54,56,58-64H,3-13,15,17-22,25-34,36,38-46H2,1-2H3,(H,57,65)/b16-14+,24-23-,37-35+. The fourth-order valence-corrected chi connectivity index (χ4v) is 8.81. The summed E-state index contributed by atoms with van der Waals surface area (Å²) in [6.07, 6.45) is 43.6. The van der Waals surface area contributed by atoms with Crippen LogP contribution in [0.4, 0.5) is 0 Å². The average Bonchev–Trinajstić information content (AvgIpc) is 3.33. The largest absolute Gasteiger partial charge is 0.394 e. The number of unbranched alkanes of at least 4 members (excludes halogenated alkanes) is 29. The van der Waals surface area contributed by atoms with Crippen LogP contribution in [0.2, 0.25) is 0 Å². The Morgan fingerprint density at radius 1 is 0.507 bits per heavy atom. The van der Waals surface area contributed by atoms with Crippen LogP contribution in [-0.4, -0.2) is 110 Å². The van der Waals surface area contributed by atoms with Crippen molar-refractivity contribution in [1.29, 1.82) is 0 Å². The van der Waals surface area contributed by atoms with E-state index in [2.05, 4.69) is 55.6 Å². The van der Waals surface area contributed by atoms with Crippen LogP contribution >= 0.6 is 0 Å². The molecule has 1 saturated heterocycles. The van der Waals surface area contributed by atoms with E-state index < -0.39 is 74.2 Å². The van der Waals surface area contributed by atoms with E-state index in [0.29, 0.717) is 19.3 Å². The Balaban J connectivity index is 2.29. The number of hydrogen-bond acceptors (Lipinski definition) is 10. The van der Waals surface area contributed by atoms with Crippen LogP contribution in [0.15, 0.2) is 36.5 Å². The van der Waals surface area contributed by atoms with Crippen LogP contribution in [0.5, 0.6) is 0 Å². The van der Waals surface area contributed by atoms with Gasteiger partial charge in [0.2, 0.25) is 5.91 Å². The Kier molecular flexibility index (Phi) is 43.0.